The van der Waals surface area contributed by atoms with Gasteiger partial charge >= 0.3 is 6.03 Å². The number of nitrogens with one attached hydrogen (secondary N) is 3. The predicted molar refractivity (Wildman–Crippen MR) is 68.9 cm³/mol. The number of carbonyl (C=O) groups excluding carboxylic acids is 3. The molecule has 0 bridgehead atoms. The zero-order valence-electron chi connectivity index (χ0n) is 9.86. The van der Waals surface area contributed by atoms with Gasteiger partial charge in [-0.2, -0.15) is 0 Å². The summed E-state index contributed by atoms with van der Waals surface area (Å²) < 4.78 is 0. The van der Waals surface area contributed by atoms with Crippen LogP contribution in [0.3, 0.4) is 0 Å². The SMILES string of the molecule is O=C1NC(=O)C(O)(c2c[nH]c3cccc(Cl)c23)C(=O)N1. The topological polar surface area (TPSA) is 111 Å². The van der Waals surface area contributed by atoms with Crippen LogP contribution in [0.2, 0.25) is 5.02 Å². The molecule has 8 heteroatoms. The normalized spacial score (nSPS) is 18.0. The van der Waals surface area contributed by atoms with Gasteiger partial charge in [0.1, 0.15) is 0 Å². The second kappa shape index (κ2) is 4.06. The molecule has 1 saturated heterocycles. The van der Waals surface area contributed by atoms with Gasteiger partial charge in [0.15, 0.2) is 0 Å². The Morgan fingerprint density at radius 3 is 2.40 bits per heavy atom. The lowest BCUT2D eigenvalue weighted by Crippen LogP contribution is -2.64. The van der Waals surface area contributed by atoms with E-state index in [2.05, 4.69) is 4.98 Å². The molecule has 1 aromatic heterocycles. The number of barbiturate groups is 1. The molecule has 0 saturated carbocycles. The minimum absolute atomic E-state index is 0.0133. The molecular formula is C12H8ClN3O4. The molecule has 4 N–H and O–H groups in total. The van der Waals surface area contributed by atoms with Crippen LogP contribution in [0.25, 0.3) is 10.9 Å². The molecule has 0 atom stereocenters. The first-order valence-electron chi connectivity index (χ1n) is 5.60. The summed E-state index contributed by atoms with van der Waals surface area (Å²) in [5.74, 6) is -2.24. The van der Waals surface area contributed by atoms with Gasteiger partial charge in [-0.15, -0.1) is 0 Å². The van der Waals surface area contributed by atoms with E-state index in [0.29, 0.717) is 10.9 Å². The Morgan fingerprint density at radius 1 is 1.10 bits per heavy atom. The number of fused-ring (bicyclic) bond motifs is 1. The van der Waals surface area contributed by atoms with E-state index in [1.807, 2.05) is 10.6 Å². The van der Waals surface area contributed by atoms with Crippen molar-refractivity contribution in [3.05, 3.63) is 35.0 Å². The Kier molecular flexibility index (Phi) is 2.56. The Hall–Kier alpha value is -2.38. The number of carbonyl (C=O) groups is 3. The van der Waals surface area contributed by atoms with Crippen molar-refractivity contribution in [2.24, 2.45) is 0 Å². The van der Waals surface area contributed by atoms with Crippen molar-refractivity contribution in [3.63, 3.8) is 0 Å². The van der Waals surface area contributed by atoms with Crippen LogP contribution in [0.4, 0.5) is 4.79 Å². The van der Waals surface area contributed by atoms with Crippen molar-refractivity contribution in [1.29, 1.82) is 0 Å². The molecule has 0 spiro atoms. The predicted octanol–water partition coefficient (Wildman–Crippen LogP) is 0.375. The van der Waals surface area contributed by atoms with Crippen molar-refractivity contribution in [2.45, 2.75) is 5.60 Å². The highest BCUT2D eigenvalue weighted by molar-refractivity contribution is 6.36. The quantitative estimate of drug-likeness (QED) is 0.569. The molecule has 0 unspecified atom stereocenters. The summed E-state index contributed by atoms with van der Waals surface area (Å²) in [5.41, 5.74) is -1.98. The van der Waals surface area contributed by atoms with Crippen LogP contribution in [0.1, 0.15) is 5.56 Å². The number of H-pyrrole nitrogens is 1. The Labute approximate surface area is 116 Å². The zero-order chi connectivity index (χ0) is 14.5. The van der Waals surface area contributed by atoms with Crippen LogP contribution in [0.5, 0.6) is 0 Å². The van der Waals surface area contributed by atoms with Gasteiger partial charge in [-0.1, -0.05) is 17.7 Å². The average molecular weight is 294 g/mol. The van der Waals surface area contributed by atoms with Crippen LogP contribution >= 0.6 is 11.6 Å². The van der Waals surface area contributed by atoms with E-state index in [4.69, 9.17) is 11.6 Å². The first-order chi connectivity index (χ1) is 9.44. The monoisotopic (exact) mass is 293 g/mol. The first kappa shape index (κ1) is 12.6. The van der Waals surface area contributed by atoms with Gasteiger partial charge in [0.2, 0.25) is 0 Å². The molecule has 0 radical (unpaired) electrons. The van der Waals surface area contributed by atoms with E-state index >= 15 is 0 Å². The molecule has 1 aliphatic rings. The lowest BCUT2D eigenvalue weighted by Gasteiger charge is -2.28. The van der Waals surface area contributed by atoms with Crippen molar-refractivity contribution >= 4 is 40.3 Å². The molecule has 7 nitrogen and oxygen atoms in total. The van der Waals surface area contributed by atoms with E-state index in [9.17, 15) is 19.5 Å². The van der Waals surface area contributed by atoms with Crippen LogP contribution in [0, 0.1) is 0 Å². The number of amides is 4. The molecule has 4 amide bonds. The summed E-state index contributed by atoms with van der Waals surface area (Å²) in [7, 11) is 0. The van der Waals surface area contributed by atoms with E-state index in [0.717, 1.165) is 0 Å². The number of hydrogen-bond acceptors (Lipinski definition) is 4. The number of benzene rings is 1. The van der Waals surface area contributed by atoms with Crippen LogP contribution in [0.15, 0.2) is 24.4 Å². The third-order valence-electron chi connectivity index (χ3n) is 3.16. The van der Waals surface area contributed by atoms with E-state index < -0.39 is 23.4 Å². The average Bonchev–Trinajstić information content (AvgIpc) is 2.81. The van der Waals surface area contributed by atoms with Gasteiger partial charge in [0.05, 0.1) is 5.02 Å². The summed E-state index contributed by atoms with van der Waals surface area (Å²) in [6.45, 7) is 0. The van der Waals surface area contributed by atoms with Crippen LogP contribution in [-0.2, 0) is 15.2 Å². The third-order valence-corrected chi connectivity index (χ3v) is 3.47. The fourth-order valence-electron chi connectivity index (χ4n) is 2.19. The summed E-state index contributed by atoms with van der Waals surface area (Å²) >= 11 is 6.05. The number of halogens is 1. The third kappa shape index (κ3) is 1.54. The summed E-state index contributed by atoms with van der Waals surface area (Å²) in [5, 5.41) is 14.8. The minimum atomic E-state index is -2.52. The molecule has 1 aliphatic heterocycles. The van der Waals surface area contributed by atoms with E-state index in [-0.39, 0.29) is 10.6 Å². The summed E-state index contributed by atoms with van der Waals surface area (Å²) in [6, 6.07) is 3.95. The largest absolute Gasteiger partial charge is 0.368 e. The van der Waals surface area contributed by atoms with Gasteiger partial charge < -0.3 is 10.1 Å². The molecule has 1 fully saturated rings. The van der Waals surface area contributed by atoms with Gasteiger partial charge in [-0.05, 0) is 12.1 Å². The van der Waals surface area contributed by atoms with Crippen molar-refractivity contribution in [3.8, 4) is 0 Å². The van der Waals surface area contributed by atoms with E-state index in [1.165, 1.54) is 6.20 Å². The zero-order valence-corrected chi connectivity index (χ0v) is 10.6. The molecule has 1 aromatic carbocycles. The molecule has 0 aliphatic carbocycles. The van der Waals surface area contributed by atoms with Gasteiger partial charge in [0, 0.05) is 22.7 Å². The van der Waals surface area contributed by atoms with Gasteiger partial charge in [0.25, 0.3) is 17.4 Å². The van der Waals surface area contributed by atoms with E-state index in [1.54, 1.807) is 18.2 Å². The molecule has 20 heavy (non-hydrogen) atoms. The highest BCUT2D eigenvalue weighted by Gasteiger charge is 2.52. The fraction of sp³-hybridized carbons (Fsp3) is 0.0833. The van der Waals surface area contributed by atoms with Crippen molar-refractivity contribution in [2.75, 3.05) is 0 Å². The first-order valence-corrected chi connectivity index (χ1v) is 5.97. The van der Waals surface area contributed by atoms with Crippen molar-refractivity contribution in [1.82, 2.24) is 15.6 Å². The fourth-order valence-corrected chi connectivity index (χ4v) is 2.47. The Balaban J connectivity index is 2.26. The molecular weight excluding hydrogens is 286 g/mol. The second-order valence-electron chi connectivity index (χ2n) is 4.31. The van der Waals surface area contributed by atoms with Crippen LogP contribution < -0.4 is 10.6 Å². The number of aliphatic hydroxyl groups is 1. The Bertz CT molecular complexity index is 747. The molecule has 3 rings (SSSR count). The maximum absolute atomic E-state index is 11.9. The maximum atomic E-state index is 11.9. The standard InChI is InChI=1S/C12H8ClN3O4/c13-6-2-1-3-7-8(6)5(4-14-7)12(20)9(17)15-11(19)16-10(12)18/h1-4,14,20H,(H2,15,16,17,18,19). The number of aromatic amines is 1. The van der Waals surface area contributed by atoms with Crippen LogP contribution in [-0.4, -0.2) is 27.9 Å². The summed E-state index contributed by atoms with van der Waals surface area (Å²) in [6.07, 6.45) is 1.31. The highest BCUT2D eigenvalue weighted by atomic mass is 35.5. The smallest absolute Gasteiger partial charge is 0.328 e. The van der Waals surface area contributed by atoms with Gasteiger partial charge in [-0.3, -0.25) is 20.2 Å². The van der Waals surface area contributed by atoms with Crippen molar-refractivity contribution < 1.29 is 19.5 Å². The summed E-state index contributed by atoms with van der Waals surface area (Å²) in [4.78, 5) is 37.7. The molecule has 102 valence electrons. The highest BCUT2D eigenvalue weighted by Crippen LogP contribution is 2.34. The molecule has 2 heterocycles. The number of hydrogen-bond donors (Lipinski definition) is 4. The number of urea groups is 1. The molecule has 2 aromatic rings. The number of aromatic nitrogens is 1. The number of imide groups is 2. The number of rotatable bonds is 1. The lowest BCUT2D eigenvalue weighted by atomic mass is 9.90. The maximum Gasteiger partial charge on any atom is 0.328 e. The minimum Gasteiger partial charge on any atom is -0.368 e. The van der Waals surface area contributed by atoms with Gasteiger partial charge in [-0.25, -0.2) is 4.79 Å². The second-order valence-corrected chi connectivity index (χ2v) is 4.72. The Morgan fingerprint density at radius 2 is 1.75 bits per heavy atom. The lowest BCUT2D eigenvalue weighted by molar-refractivity contribution is -0.155.